The molecular weight excluding hydrogens is 645 g/mol. The minimum atomic E-state index is 0.337. The monoisotopic (exact) mass is 717 g/mol. The third-order valence-electron chi connectivity index (χ3n) is 12.0. The molecule has 4 aromatic rings. The van der Waals surface area contributed by atoms with Gasteiger partial charge in [0.15, 0.2) is 0 Å². The van der Waals surface area contributed by atoms with Gasteiger partial charge in [-0.1, -0.05) is 30.7 Å². The summed E-state index contributed by atoms with van der Waals surface area (Å²) in [5.41, 5.74) is 16.8. The number of anilines is 4. The summed E-state index contributed by atoms with van der Waals surface area (Å²) in [7, 11) is 0. The summed E-state index contributed by atoms with van der Waals surface area (Å²) in [6.07, 6.45) is 3.36. The van der Waals surface area contributed by atoms with Gasteiger partial charge in [-0.2, -0.15) is 0 Å². The Labute approximate surface area is 325 Å². The Bertz CT molecular complexity index is 1470. The number of hydrogen-bond donors (Lipinski definition) is 0. The Morgan fingerprint density at radius 1 is 0.340 bits per heavy atom. The van der Waals surface area contributed by atoms with Crippen molar-refractivity contribution in [3.8, 4) is 0 Å². The molecule has 4 aromatic carbocycles. The molecule has 0 heterocycles. The zero-order valence-electron chi connectivity index (χ0n) is 35.6. The average molecular weight is 717 g/mol. The zero-order chi connectivity index (χ0) is 38.7. The highest BCUT2D eigenvalue weighted by Crippen LogP contribution is 2.41. The van der Waals surface area contributed by atoms with Crippen LogP contribution in [0.2, 0.25) is 0 Å². The van der Waals surface area contributed by atoms with Crippen LogP contribution in [0.5, 0.6) is 0 Å². The normalized spacial score (nSPS) is 11.4. The van der Waals surface area contributed by atoms with Crippen LogP contribution in [0.25, 0.3) is 0 Å². The van der Waals surface area contributed by atoms with E-state index in [1.165, 1.54) is 67.3 Å². The standard InChI is InChI=1S/C49H72N4/c1-13-50(14-2)40-24-28-44(36(9)32-40)48(45-29-25-41(33-37(45)10)51(15-3)16-4)22-21-23-49(46-30-26-42(34-38(46)11)52(17-5)18-6)47-31-27-43(35-39(47)12)53(19-7)20-8/h24-35,48-49H,13-23H2,1-12H3. The van der Waals surface area contributed by atoms with Gasteiger partial charge in [-0.25, -0.2) is 0 Å². The lowest BCUT2D eigenvalue weighted by Gasteiger charge is -2.29. The maximum absolute atomic E-state index is 2.46. The summed E-state index contributed by atoms with van der Waals surface area (Å²) in [5, 5.41) is 0. The number of benzene rings is 4. The highest BCUT2D eigenvalue weighted by atomic mass is 15.1. The molecule has 4 heteroatoms. The summed E-state index contributed by atoms with van der Waals surface area (Å²) >= 11 is 0. The van der Waals surface area contributed by atoms with E-state index in [2.05, 4.69) is 175 Å². The molecule has 0 N–H and O–H groups in total. The van der Waals surface area contributed by atoms with E-state index in [0.717, 1.165) is 71.6 Å². The van der Waals surface area contributed by atoms with Gasteiger partial charge in [0.05, 0.1) is 0 Å². The van der Waals surface area contributed by atoms with Crippen molar-refractivity contribution >= 4 is 22.7 Å². The molecule has 0 amide bonds. The molecule has 0 aliphatic carbocycles. The third kappa shape index (κ3) is 9.80. The number of hydrogen-bond acceptors (Lipinski definition) is 4. The van der Waals surface area contributed by atoms with Crippen LogP contribution in [0.15, 0.2) is 72.8 Å². The number of nitrogens with zero attached hydrogens (tertiary/aromatic N) is 4. The van der Waals surface area contributed by atoms with Crippen LogP contribution in [0.3, 0.4) is 0 Å². The fraction of sp³-hybridized carbons (Fsp3) is 0.510. The van der Waals surface area contributed by atoms with Crippen LogP contribution < -0.4 is 19.6 Å². The fourth-order valence-corrected chi connectivity index (χ4v) is 8.83. The smallest absolute Gasteiger partial charge is 0.0368 e. The minimum Gasteiger partial charge on any atom is -0.372 e. The van der Waals surface area contributed by atoms with Gasteiger partial charge in [-0.15, -0.1) is 0 Å². The van der Waals surface area contributed by atoms with E-state index < -0.39 is 0 Å². The molecule has 0 aliphatic heterocycles. The van der Waals surface area contributed by atoms with Crippen LogP contribution in [0.1, 0.15) is 131 Å². The van der Waals surface area contributed by atoms with Crippen LogP contribution in [0.4, 0.5) is 22.7 Å². The van der Waals surface area contributed by atoms with Crippen LogP contribution in [0, 0.1) is 27.7 Å². The van der Waals surface area contributed by atoms with Crippen molar-refractivity contribution in [3.63, 3.8) is 0 Å². The molecule has 0 saturated heterocycles. The van der Waals surface area contributed by atoms with Crippen molar-refractivity contribution in [1.82, 2.24) is 0 Å². The molecule has 0 fully saturated rings. The zero-order valence-corrected chi connectivity index (χ0v) is 35.6. The van der Waals surface area contributed by atoms with Gasteiger partial charge in [0, 0.05) is 86.9 Å². The second-order valence-electron chi connectivity index (χ2n) is 14.9. The first-order valence-electron chi connectivity index (χ1n) is 21.0. The van der Waals surface area contributed by atoms with Crippen LogP contribution in [-0.4, -0.2) is 52.4 Å². The fourth-order valence-electron chi connectivity index (χ4n) is 8.83. The van der Waals surface area contributed by atoms with Crippen molar-refractivity contribution in [1.29, 1.82) is 0 Å². The summed E-state index contributed by atoms with van der Waals surface area (Å²) in [6, 6.07) is 28.9. The van der Waals surface area contributed by atoms with Crippen molar-refractivity contribution in [3.05, 3.63) is 117 Å². The minimum absolute atomic E-state index is 0.337. The molecule has 288 valence electrons. The highest BCUT2D eigenvalue weighted by molar-refractivity contribution is 5.58. The molecule has 0 radical (unpaired) electrons. The van der Waals surface area contributed by atoms with Gasteiger partial charge in [0.1, 0.15) is 0 Å². The van der Waals surface area contributed by atoms with Crippen molar-refractivity contribution in [2.24, 2.45) is 0 Å². The first kappa shape index (κ1) is 41.8. The summed E-state index contributed by atoms with van der Waals surface area (Å²) in [6.45, 7) is 35.6. The van der Waals surface area contributed by atoms with Gasteiger partial charge < -0.3 is 19.6 Å². The molecule has 0 aliphatic rings. The number of rotatable bonds is 20. The highest BCUT2D eigenvalue weighted by Gasteiger charge is 2.24. The Hall–Kier alpha value is -3.92. The van der Waals surface area contributed by atoms with Crippen molar-refractivity contribution in [2.45, 2.75) is 114 Å². The van der Waals surface area contributed by atoms with E-state index in [1.807, 2.05) is 0 Å². The molecule has 4 rings (SSSR count). The number of aryl methyl sites for hydroxylation is 4. The largest absolute Gasteiger partial charge is 0.372 e. The lowest BCUT2D eigenvalue weighted by molar-refractivity contribution is 0.586. The predicted octanol–water partition coefficient (Wildman–Crippen LogP) is 12.4. The second-order valence-corrected chi connectivity index (χ2v) is 14.9. The quantitative estimate of drug-likeness (QED) is 0.0902. The summed E-state index contributed by atoms with van der Waals surface area (Å²) in [5.74, 6) is 0.675. The van der Waals surface area contributed by atoms with Gasteiger partial charge in [0.25, 0.3) is 0 Å². The Kier molecular flexibility index (Phi) is 15.7. The molecule has 4 nitrogen and oxygen atoms in total. The maximum atomic E-state index is 2.46. The van der Waals surface area contributed by atoms with E-state index in [0.29, 0.717) is 11.8 Å². The van der Waals surface area contributed by atoms with E-state index >= 15 is 0 Å². The van der Waals surface area contributed by atoms with Crippen LogP contribution >= 0.6 is 0 Å². The molecule has 0 unspecified atom stereocenters. The first-order valence-corrected chi connectivity index (χ1v) is 21.0. The lowest BCUT2D eigenvalue weighted by Crippen LogP contribution is -2.22. The molecule has 0 saturated carbocycles. The lowest BCUT2D eigenvalue weighted by atomic mass is 9.79. The molecule has 0 spiro atoms. The van der Waals surface area contributed by atoms with E-state index in [-0.39, 0.29) is 0 Å². The Morgan fingerprint density at radius 3 is 0.717 bits per heavy atom. The van der Waals surface area contributed by atoms with Crippen molar-refractivity contribution < 1.29 is 0 Å². The van der Waals surface area contributed by atoms with Gasteiger partial charge >= 0.3 is 0 Å². The topological polar surface area (TPSA) is 13.0 Å². The molecule has 0 bridgehead atoms. The van der Waals surface area contributed by atoms with Gasteiger partial charge in [0.2, 0.25) is 0 Å². The molecule has 0 aromatic heterocycles. The molecular formula is C49H72N4. The summed E-state index contributed by atoms with van der Waals surface area (Å²) in [4.78, 5) is 9.84. The van der Waals surface area contributed by atoms with Crippen LogP contribution in [-0.2, 0) is 0 Å². The SMILES string of the molecule is CCN(CC)c1ccc(C(CCCC(c2ccc(N(CC)CC)cc2C)c2ccc(N(CC)CC)cc2C)c2ccc(N(CC)CC)cc2C)c(C)c1. The third-order valence-corrected chi connectivity index (χ3v) is 12.0. The second kappa shape index (κ2) is 20.0. The molecule has 0 atom stereocenters. The summed E-state index contributed by atoms with van der Waals surface area (Å²) < 4.78 is 0. The Morgan fingerprint density at radius 2 is 0.547 bits per heavy atom. The first-order chi connectivity index (χ1) is 25.6. The van der Waals surface area contributed by atoms with E-state index in [1.54, 1.807) is 0 Å². The van der Waals surface area contributed by atoms with Crippen molar-refractivity contribution in [2.75, 3.05) is 72.0 Å². The van der Waals surface area contributed by atoms with E-state index in [9.17, 15) is 0 Å². The van der Waals surface area contributed by atoms with Gasteiger partial charge in [-0.05, 0) is 189 Å². The predicted molar refractivity (Wildman–Crippen MR) is 236 cm³/mol. The Balaban J connectivity index is 1.77. The molecule has 53 heavy (non-hydrogen) atoms. The van der Waals surface area contributed by atoms with Gasteiger partial charge in [-0.3, -0.25) is 0 Å². The average Bonchev–Trinajstić information content (AvgIpc) is 3.15. The van der Waals surface area contributed by atoms with E-state index in [4.69, 9.17) is 0 Å². The maximum Gasteiger partial charge on any atom is 0.0368 e.